The monoisotopic (exact) mass is 205 g/mol. The normalized spacial score (nSPS) is 21.0. The average molecular weight is 205 g/mol. The lowest BCUT2D eigenvalue weighted by atomic mass is 10.2. The minimum atomic E-state index is -0.725. The second-order valence-corrected chi connectivity index (χ2v) is 4.05. The zero-order valence-electron chi connectivity index (χ0n) is 8.95. The fraction of sp³-hybridized carbons (Fsp3) is 0.889. The Kier molecular flexibility index (Phi) is 5.49. The molecule has 0 spiro atoms. The Bertz CT molecular complexity index is 170. The maximum Gasteiger partial charge on any atom is 0.405 e. The molecular weight excluding hydrogens is 186 g/mol. The van der Waals surface area contributed by atoms with Crippen molar-refractivity contribution in [3.05, 3.63) is 0 Å². The van der Waals surface area contributed by atoms with Crippen molar-refractivity contribution >= 4 is 6.09 Å². The third-order valence-corrected chi connectivity index (χ3v) is 1.31. The third-order valence-electron chi connectivity index (χ3n) is 1.31. The van der Waals surface area contributed by atoms with E-state index in [2.05, 4.69) is 4.74 Å². The molecule has 1 atom stereocenters. The summed E-state index contributed by atoms with van der Waals surface area (Å²) in [5.74, 6) is 0. The van der Waals surface area contributed by atoms with Crippen molar-refractivity contribution in [3.8, 4) is 0 Å². The molecule has 1 heterocycles. The number of ether oxygens (including phenoxy) is 2. The molecule has 1 saturated heterocycles. The lowest BCUT2D eigenvalue weighted by Gasteiger charge is -2.16. The van der Waals surface area contributed by atoms with Crippen LogP contribution in [0.4, 0.5) is 4.79 Å². The minimum absolute atomic E-state index is 0.176. The van der Waals surface area contributed by atoms with E-state index >= 15 is 0 Å². The van der Waals surface area contributed by atoms with Gasteiger partial charge in [0.1, 0.15) is 5.60 Å². The van der Waals surface area contributed by atoms with Gasteiger partial charge in [-0.3, -0.25) is 0 Å². The van der Waals surface area contributed by atoms with Gasteiger partial charge in [0.2, 0.25) is 0 Å². The number of hydrogen-bond donors (Lipinski definition) is 2. The van der Waals surface area contributed by atoms with E-state index in [1.54, 1.807) is 20.8 Å². The largest absolute Gasteiger partial charge is 0.444 e. The Morgan fingerprint density at radius 3 is 2.21 bits per heavy atom. The maximum atomic E-state index is 10.0. The Morgan fingerprint density at radius 2 is 2.14 bits per heavy atom. The first-order valence-electron chi connectivity index (χ1n) is 4.55. The van der Waals surface area contributed by atoms with Crippen LogP contribution >= 0.6 is 0 Å². The summed E-state index contributed by atoms with van der Waals surface area (Å²) < 4.78 is 9.38. The van der Waals surface area contributed by atoms with E-state index in [9.17, 15) is 4.79 Å². The van der Waals surface area contributed by atoms with E-state index in [1.165, 1.54) is 0 Å². The van der Waals surface area contributed by atoms with Crippen LogP contribution in [0, 0.1) is 0 Å². The summed E-state index contributed by atoms with van der Waals surface area (Å²) in [6.07, 6.45) is -0.0810. The fourth-order valence-electron chi connectivity index (χ4n) is 0.824. The van der Waals surface area contributed by atoms with Crippen molar-refractivity contribution in [2.24, 2.45) is 5.73 Å². The summed E-state index contributed by atoms with van der Waals surface area (Å²) in [5.41, 5.74) is 4.26. The lowest BCUT2D eigenvalue weighted by Crippen LogP contribution is -2.27. The van der Waals surface area contributed by atoms with E-state index < -0.39 is 11.7 Å². The maximum absolute atomic E-state index is 10.0. The van der Waals surface area contributed by atoms with Crippen molar-refractivity contribution in [2.75, 3.05) is 13.2 Å². The SMILES string of the molecule is CC(C)(C)OC(N)=O.O[C@@H]1CCOC1. The first-order valence-corrected chi connectivity index (χ1v) is 4.55. The molecule has 1 amide bonds. The topological polar surface area (TPSA) is 81.8 Å². The lowest BCUT2D eigenvalue weighted by molar-refractivity contribution is 0.0600. The summed E-state index contributed by atoms with van der Waals surface area (Å²) in [6.45, 7) is 6.56. The van der Waals surface area contributed by atoms with Crippen molar-refractivity contribution in [3.63, 3.8) is 0 Å². The van der Waals surface area contributed by atoms with Crippen LogP contribution in [0.25, 0.3) is 0 Å². The summed E-state index contributed by atoms with van der Waals surface area (Å²) in [6, 6.07) is 0. The molecule has 1 fully saturated rings. The molecule has 1 aliphatic heterocycles. The van der Waals surface area contributed by atoms with Crippen LogP contribution in [0.1, 0.15) is 27.2 Å². The van der Waals surface area contributed by atoms with Gasteiger partial charge >= 0.3 is 6.09 Å². The Morgan fingerprint density at radius 1 is 1.57 bits per heavy atom. The minimum Gasteiger partial charge on any atom is -0.444 e. The number of aliphatic hydroxyl groups is 1. The summed E-state index contributed by atoms with van der Waals surface area (Å²) in [4.78, 5) is 10.0. The van der Waals surface area contributed by atoms with Crippen LogP contribution in [0.15, 0.2) is 0 Å². The molecule has 0 aromatic heterocycles. The molecule has 84 valence electrons. The summed E-state index contributed by atoms with van der Waals surface area (Å²) in [5, 5.41) is 8.60. The number of rotatable bonds is 0. The van der Waals surface area contributed by atoms with E-state index in [0.717, 1.165) is 13.0 Å². The second kappa shape index (κ2) is 5.82. The number of primary amides is 1. The van der Waals surface area contributed by atoms with Crippen molar-refractivity contribution in [1.29, 1.82) is 0 Å². The first kappa shape index (κ1) is 13.2. The van der Waals surface area contributed by atoms with Crippen molar-refractivity contribution in [2.45, 2.75) is 38.9 Å². The summed E-state index contributed by atoms with van der Waals surface area (Å²) >= 11 is 0. The number of carbonyl (C=O) groups excluding carboxylic acids is 1. The molecule has 1 aliphatic rings. The Balaban J connectivity index is 0.000000249. The highest BCUT2D eigenvalue weighted by molar-refractivity contribution is 5.65. The van der Waals surface area contributed by atoms with E-state index in [1.807, 2.05) is 0 Å². The van der Waals surface area contributed by atoms with Gasteiger partial charge in [0.05, 0.1) is 12.7 Å². The van der Waals surface area contributed by atoms with Gasteiger partial charge in [0, 0.05) is 6.61 Å². The molecule has 0 aromatic carbocycles. The summed E-state index contributed by atoms with van der Waals surface area (Å²) in [7, 11) is 0. The van der Waals surface area contributed by atoms with Gasteiger partial charge in [-0.25, -0.2) is 4.79 Å². The first-order chi connectivity index (χ1) is 6.31. The van der Waals surface area contributed by atoms with Gasteiger partial charge < -0.3 is 20.3 Å². The number of nitrogens with two attached hydrogens (primary N) is 1. The fourth-order valence-corrected chi connectivity index (χ4v) is 0.824. The van der Waals surface area contributed by atoms with Crippen LogP contribution in [0.5, 0.6) is 0 Å². The zero-order chi connectivity index (χ0) is 11.2. The van der Waals surface area contributed by atoms with Crippen LogP contribution in [0.3, 0.4) is 0 Å². The quantitative estimate of drug-likeness (QED) is 0.608. The van der Waals surface area contributed by atoms with Crippen LogP contribution in [-0.2, 0) is 9.47 Å². The van der Waals surface area contributed by atoms with Crippen LogP contribution in [0.2, 0.25) is 0 Å². The number of amides is 1. The van der Waals surface area contributed by atoms with Crippen LogP contribution < -0.4 is 5.73 Å². The van der Waals surface area contributed by atoms with Gasteiger partial charge in [-0.05, 0) is 27.2 Å². The van der Waals surface area contributed by atoms with Gasteiger partial charge in [-0.2, -0.15) is 0 Å². The average Bonchev–Trinajstić information content (AvgIpc) is 2.34. The molecule has 0 saturated carbocycles. The molecule has 0 unspecified atom stereocenters. The zero-order valence-corrected chi connectivity index (χ0v) is 8.95. The molecule has 5 heteroatoms. The molecular formula is C9H19NO4. The molecule has 0 aliphatic carbocycles. The van der Waals surface area contributed by atoms with Crippen LogP contribution in [-0.4, -0.2) is 36.1 Å². The number of carbonyl (C=O) groups is 1. The molecule has 14 heavy (non-hydrogen) atoms. The molecule has 0 radical (unpaired) electrons. The highest BCUT2D eigenvalue weighted by Gasteiger charge is 2.12. The van der Waals surface area contributed by atoms with Crippen molar-refractivity contribution < 1.29 is 19.4 Å². The Hall–Kier alpha value is -0.810. The highest BCUT2D eigenvalue weighted by Crippen LogP contribution is 2.04. The second-order valence-electron chi connectivity index (χ2n) is 4.05. The molecule has 3 N–H and O–H groups in total. The number of aliphatic hydroxyl groups excluding tert-OH is 1. The molecule has 0 bridgehead atoms. The van der Waals surface area contributed by atoms with Crippen molar-refractivity contribution in [1.82, 2.24) is 0 Å². The molecule has 1 rings (SSSR count). The predicted molar refractivity (Wildman–Crippen MR) is 51.9 cm³/mol. The smallest absolute Gasteiger partial charge is 0.405 e. The van der Waals surface area contributed by atoms with Gasteiger partial charge in [-0.1, -0.05) is 0 Å². The van der Waals surface area contributed by atoms with Gasteiger partial charge in [0.15, 0.2) is 0 Å². The number of hydrogen-bond acceptors (Lipinski definition) is 4. The van der Waals surface area contributed by atoms with Gasteiger partial charge in [0.25, 0.3) is 0 Å². The van der Waals surface area contributed by atoms with Gasteiger partial charge in [-0.15, -0.1) is 0 Å². The van der Waals surface area contributed by atoms with E-state index in [-0.39, 0.29) is 6.10 Å². The standard InChI is InChI=1S/C5H11NO2.C4H8O2/c1-5(2,3)8-4(6)7;5-4-1-2-6-3-4/h1-3H3,(H2,6,7);4-5H,1-3H2/t;4-/m.1/s1. The third kappa shape index (κ3) is 9.28. The molecule has 5 nitrogen and oxygen atoms in total. The Labute approximate surface area is 84.2 Å². The predicted octanol–water partition coefficient (Wildman–Crippen LogP) is 0.648. The molecule has 0 aromatic rings. The van der Waals surface area contributed by atoms with E-state index in [0.29, 0.717) is 6.61 Å². The highest BCUT2D eigenvalue weighted by atomic mass is 16.6. The van der Waals surface area contributed by atoms with E-state index in [4.69, 9.17) is 15.6 Å².